The first-order valence-electron chi connectivity index (χ1n) is 10.9. The summed E-state index contributed by atoms with van der Waals surface area (Å²) in [4.78, 5) is 12.4. The lowest BCUT2D eigenvalue weighted by atomic mass is 10.1. The molecule has 0 saturated carbocycles. The largest absolute Gasteiger partial charge is 0.497 e. The van der Waals surface area contributed by atoms with Crippen LogP contribution in [0.5, 0.6) is 5.75 Å². The van der Waals surface area contributed by atoms with Gasteiger partial charge in [-0.3, -0.25) is 0 Å². The first kappa shape index (κ1) is 22.4. The van der Waals surface area contributed by atoms with E-state index in [2.05, 4.69) is 18.0 Å². The topological polar surface area (TPSA) is 63.5 Å². The van der Waals surface area contributed by atoms with Gasteiger partial charge < -0.3 is 19.7 Å². The van der Waals surface area contributed by atoms with Gasteiger partial charge >= 0.3 is 5.97 Å². The van der Waals surface area contributed by atoms with Gasteiger partial charge in [-0.1, -0.05) is 61.2 Å². The number of aromatic nitrogens is 1. The number of benzene rings is 3. The lowest BCUT2D eigenvalue weighted by molar-refractivity contribution is 0.0684. The first-order valence-corrected chi connectivity index (χ1v) is 10.9. The zero-order valence-corrected chi connectivity index (χ0v) is 19.0. The van der Waals surface area contributed by atoms with Gasteiger partial charge in [0.15, 0.2) is 0 Å². The lowest BCUT2D eigenvalue weighted by Crippen LogP contribution is -2.17. The molecule has 4 rings (SSSR count). The summed E-state index contributed by atoms with van der Waals surface area (Å²) in [5.74, 6) is -0.112. The molecule has 5 heteroatoms. The van der Waals surface area contributed by atoms with Crippen LogP contribution < -0.4 is 10.1 Å². The number of carboxylic acid groups (broad SMARTS) is 1. The predicted molar refractivity (Wildman–Crippen MR) is 133 cm³/mol. The molecule has 4 aromatic rings. The number of hydrogen-bond donors (Lipinski definition) is 2. The monoisotopic (exact) mass is 440 g/mol. The number of ether oxygens (including phenoxy) is 1. The average Bonchev–Trinajstić information content (AvgIpc) is 3.12. The maximum absolute atomic E-state index is 12.4. The van der Waals surface area contributed by atoms with Crippen molar-refractivity contribution in [2.24, 2.45) is 0 Å². The van der Waals surface area contributed by atoms with E-state index < -0.39 is 5.97 Å². The number of methoxy groups -OCH3 is 1. The van der Waals surface area contributed by atoms with E-state index in [1.54, 1.807) is 13.2 Å². The Kier molecular flexibility index (Phi) is 6.61. The van der Waals surface area contributed by atoms with Crippen LogP contribution in [0.15, 0.2) is 73.3 Å². The number of nitrogens with zero attached hydrogens (tertiary/aromatic N) is 1. The van der Waals surface area contributed by atoms with Crippen molar-refractivity contribution in [2.45, 2.75) is 26.6 Å². The summed E-state index contributed by atoms with van der Waals surface area (Å²) < 4.78 is 7.13. The second kappa shape index (κ2) is 9.76. The van der Waals surface area contributed by atoms with E-state index in [0.717, 1.165) is 44.5 Å². The number of aromatic carboxylic acids is 1. The fourth-order valence-corrected chi connectivity index (χ4v) is 4.14. The highest BCUT2D eigenvalue weighted by molar-refractivity contribution is 5.98. The minimum atomic E-state index is -0.923. The van der Waals surface area contributed by atoms with Crippen LogP contribution in [0.4, 0.5) is 0 Å². The molecule has 1 heterocycles. The van der Waals surface area contributed by atoms with Crippen molar-refractivity contribution in [3.63, 3.8) is 0 Å². The van der Waals surface area contributed by atoms with Crippen molar-refractivity contribution in [3.8, 4) is 5.75 Å². The number of rotatable bonds is 9. The van der Waals surface area contributed by atoms with Gasteiger partial charge in [0.05, 0.1) is 7.11 Å². The van der Waals surface area contributed by atoms with Crippen LogP contribution >= 0.6 is 0 Å². The van der Waals surface area contributed by atoms with E-state index in [9.17, 15) is 9.90 Å². The molecule has 0 fully saturated rings. The van der Waals surface area contributed by atoms with Gasteiger partial charge in [0, 0.05) is 36.1 Å². The second-order valence-corrected chi connectivity index (χ2v) is 8.14. The van der Waals surface area contributed by atoms with Crippen molar-refractivity contribution < 1.29 is 14.6 Å². The van der Waals surface area contributed by atoms with Crippen LogP contribution in [0.2, 0.25) is 0 Å². The Morgan fingerprint density at radius 3 is 2.36 bits per heavy atom. The fourth-order valence-electron chi connectivity index (χ4n) is 4.14. The fraction of sp³-hybridized carbons (Fsp3) is 0.179. The SMILES string of the molecule is C=Cc1ccc(Cn2c(C(=O)O)c(CNCc3ccc(OC)cc3)c3ccc(C)cc32)cc1. The molecule has 2 N–H and O–H groups in total. The summed E-state index contributed by atoms with van der Waals surface area (Å²) in [5.41, 5.74) is 6.33. The van der Waals surface area contributed by atoms with Crippen molar-refractivity contribution in [1.82, 2.24) is 9.88 Å². The van der Waals surface area contributed by atoms with Crippen LogP contribution in [-0.4, -0.2) is 22.8 Å². The van der Waals surface area contributed by atoms with Gasteiger partial charge in [-0.25, -0.2) is 4.79 Å². The normalized spacial score (nSPS) is 11.0. The Bertz CT molecular complexity index is 1290. The van der Waals surface area contributed by atoms with E-state index in [-0.39, 0.29) is 0 Å². The third kappa shape index (κ3) is 4.83. The molecule has 0 saturated heterocycles. The molecule has 0 unspecified atom stereocenters. The molecule has 168 valence electrons. The highest BCUT2D eigenvalue weighted by Gasteiger charge is 2.22. The van der Waals surface area contributed by atoms with E-state index in [1.165, 1.54) is 0 Å². The standard InChI is InChI=1S/C28H28N2O3/c1-4-20-6-8-22(9-7-20)18-30-26-15-19(2)5-14-24(26)25(27(30)28(31)32)17-29-16-21-10-12-23(33-3)13-11-21/h4-15,29H,1,16-18H2,2-3H3,(H,31,32). The molecule has 0 spiro atoms. The Hall–Kier alpha value is -3.83. The second-order valence-electron chi connectivity index (χ2n) is 8.14. The molecule has 3 aromatic carbocycles. The molecular weight excluding hydrogens is 412 g/mol. The van der Waals surface area contributed by atoms with Crippen LogP contribution in [0, 0.1) is 6.92 Å². The van der Waals surface area contributed by atoms with Gasteiger partial charge in [-0.05, 0) is 47.4 Å². The van der Waals surface area contributed by atoms with Crippen LogP contribution in [0.25, 0.3) is 17.0 Å². The summed E-state index contributed by atoms with van der Waals surface area (Å²) in [7, 11) is 1.64. The van der Waals surface area contributed by atoms with E-state index in [1.807, 2.05) is 72.2 Å². The van der Waals surface area contributed by atoms with E-state index in [0.29, 0.717) is 25.3 Å². The van der Waals surface area contributed by atoms with Crippen LogP contribution in [-0.2, 0) is 19.6 Å². The number of nitrogens with one attached hydrogen (secondary N) is 1. The molecule has 0 amide bonds. The van der Waals surface area contributed by atoms with Gasteiger partial charge in [-0.2, -0.15) is 0 Å². The Labute approximate surface area is 193 Å². The van der Waals surface area contributed by atoms with Gasteiger partial charge in [0.1, 0.15) is 11.4 Å². The number of fused-ring (bicyclic) bond motifs is 1. The Morgan fingerprint density at radius 1 is 1.03 bits per heavy atom. The molecular formula is C28H28N2O3. The van der Waals surface area contributed by atoms with Crippen LogP contribution in [0.3, 0.4) is 0 Å². The molecule has 0 bridgehead atoms. The summed E-state index contributed by atoms with van der Waals surface area (Å²) in [6.07, 6.45) is 1.80. The maximum atomic E-state index is 12.4. The Balaban J connectivity index is 1.68. The quantitative estimate of drug-likeness (QED) is 0.354. The van der Waals surface area contributed by atoms with E-state index in [4.69, 9.17) is 4.74 Å². The first-order chi connectivity index (χ1) is 16.0. The number of carboxylic acids is 1. The summed E-state index contributed by atoms with van der Waals surface area (Å²) in [6.45, 7) is 7.39. The highest BCUT2D eigenvalue weighted by Crippen LogP contribution is 2.29. The Morgan fingerprint density at radius 2 is 1.73 bits per heavy atom. The smallest absolute Gasteiger partial charge is 0.352 e. The molecule has 33 heavy (non-hydrogen) atoms. The third-order valence-corrected chi connectivity index (χ3v) is 5.87. The minimum Gasteiger partial charge on any atom is -0.497 e. The number of carbonyl (C=O) groups is 1. The van der Waals surface area contributed by atoms with Crippen molar-refractivity contribution in [1.29, 1.82) is 0 Å². The van der Waals surface area contributed by atoms with Crippen LogP contribution in [0.1, 0.15) is 38.3 Å². The molecule has 0 aliphatic carbocycles. The zero-order chi connectivity index (χ0) is 23.4. The molecule has 1 aromatic heterocycles. The minimum absolute atomic E-state index is 0.325. The van der Waals surface area contributed by atoms with E-state index >= 15 is 0 Å². The number of hydrogen-bond acceptors (Lipinski definition) is 3. The zero-order valence-electron chi connectivity index (χ0n) is 19.0. The van der Waals surface area contributed by atoms with Crippen molar-refractivity contribution in [2.75, 3.05) is 7.11 Å². The highest BCUT2D eigenvalue weighted by atomic mass is 16.5. The van der Waals surface area contributed by atoms with Gasteiger partial charge in [-0.15, -0.1) is 0 Å². The average molecular weight is 441 g/mol. The van der Waals surface area contributed by atoms with Gasteiger partial charge in [0.2, 0.25) is 0 Å². The molecule has 0 aliphatic rings. The predicted octanol–water partition coefficient (Wildman–Crippen LogP) is 5.64. The molecule has 5 nitrogen and oxygen atoms in total. The molecule has 0 radical (unpaired) electrons. The van der Waals surface area contributed by atoms with Crippen molar-refractivity contribution in [3.05, 3.63) is 107 Å². The van der Waals surface area contributed by atoms with Gasteiger partial charge in [0.25, 0.3) is 0 Å². The molecule has 0 aliphatic heterocycles. The number of aryl methyl sites for hydroxylation is 1. The summed E-state index contributed by atoms with van der Waals surface area (Å²) in [5, 5.41) is 14.6. The maximum Gasteiger partial charge on any atom is 0.352 e. The van der Waals surface area contributed by atoms with Crippen molar-refractivity contribution >= 4 is 22.9 Å². The molecule has 0 atom stereocenters. The summed E-state index contributed by atoms with van der Waals surface area (Å²) >= 11 is 0. The third-order valence-electron chi connectivity index (χ3n) is 5.87. The lowest BCUT2D eigenvalue weighted by Gasteiger charge is -2.11. The summed E-state index contributed by atoms with van der Waals surface area (Å²) in [6, 6.07) is 22.0.